The highest BCUT2D eigenvalue weighted by Gasteiger charge is 2.22. The number of nitrogens with one attached hydrogen (secondary N) is 1. The van der Waals surface area contributed by atoms with Gasteiger partial charge in [0.15, 0.2) is 0 Å². The van der Waals surface area contributed by atoms with Crippen LogP contribution in [-0.2, 0) is 18.4 Å². The van der Waals surface area contributed by atoms with E-state index in [4.69, 9.17) is 5.11 Å². The number of carbonyl (C=O) groups is 2. The molecule has 3 heterocycles. The number of hydrogen-bond donors (Lipinski definition) is 2. The fraction of sp³-hybridized carbons (Fsp3) is 0.421. The van der Waals surface area contributed by atoms with E-state index in [1.807, 2.05) is 44.1 Å². The minimum absolute atomic E-state index is 0.0343. The normalized spacial score (nSPS) is 12.2. The van der Waals surface area contributed by atoms with Crippen molar-refractivity contribution < 1.29 is 14.7 Å². The molecule has 10 nitrogen and oxygen atoms in total. The molecule has 1 unspecified atom stereocenters. The summed E-state index contributed by atoms with van der Waals surface area (Å²) in [5.74, 6) is -1.39. The Balaban J connectivity index is 1.80. The van der Waals surface area contributed by atoms with Crippen molar-refractivity contribution in [2.24, 2.45) is 7.05 Å². The van der Waals surface area contributed by atoms with Gasteiger partial charge in [0.05, 0.1) is 41.1 Å². The van der Waals surface area contributed by atoms with Crippen molar-refractivity contribution in [2.45, 2.75) is 47.2 Å². The van der Waals surface area contributed by atoms with Crippen LogP contribution in [0.1, 0.15) is 51.7 Å². The fourth-order valence-corrected chi connectivity index (χ4v) is 3.24. The number of anilines is 1. The third-order valence-corrected chi connectivity index (χ3v) is 5.22. The van der Waals surface area contributed by atoms with Gasteiger partial charge in [-0.3, -0.25) is 18.8 Å². The van der Waals surface area contributed by atoms with E-state index in [1.165, 1.54) is 17.1 Å². The minimum atomic E-state index is -1.09. The number of hydrogen-bond acceptors (Lipinski definition) is 5. The number of aryl methyl sites for hydroxylation is 3. The molecule has 0 bridgehead atoms. The lowest BCUT2D eigenvalue weighted by Gasteiger charge is -2.13. The van der Waals surface area contributed by atoms with Gasteiger partial charge in [-0.05, 0) is 34.6 Å². The number of carboxylic acids is 1. The van der Waals surface area contributed by atoms with Crippen molar-refractivity contribution in [3.8, 4) is 0 Å². The second-order valence-corrected chi connectivity index (χ2v) is 7.16. The first-order chi connectivity index (χ1) is 13.6. The Bertz CT molecular complexity index is 1090. The van der Waals surface area contributed by atoms with Gasteiger partial charge in [-0.15, -0.1) is 0 Å². The summed E-state index contributed by atoms with van der Waals surface area (Å²) in [7, 11) is 1.91. The van der Waals surface area contributed by atoms with E-state index in [9.17, 15) is 9.59 Å². The molecule has 0 fully saturated rings. The molecule has 3 rings (SSSR count). The number of carbonyl (C=O) groups excluding carboxylic acids is 1. The molecule has 0 aliphatic carbocycles. The smallest absolute Gasteiger partial charge is 0.338 e. The second kappa shape index (κ2) is 7.53. The van der Waals surface area contributed by atoms with Gasteiger partial charge in [0.2, 0.25) is 5.91 Å². The van der Waals surface area contributed by atoms with E-state index in [0.29, 0.717) is 17.9 Å². The zero-order valence-electron chi connectivity index (χ0n) is 17.4. The zero-order valence-corrected chi connectivity index (χ0v) is 17.4. The van der Waals surface area contributed by atoms with Crippen LogP contribution in [0, 0.1) is 27.7 Å². The Kier molecular flexibility index (Phi) is 5.27. The third kappa shape index (κ3) is 3.78. The maximum Gasteiger partial charge on any atom is 0.338 e. The van der Waals surface area contributed by atoms with Crippen LogP contribution < -0.4 is 5.32 Å². The average Bonchev–Trinajstić information content (AvgIpc) is 3.31. The van der Waals surface area contributed by atoms with Gasteiger partial charge in [-0.2, -0.15) is 15.3 Å². The lowest BCUT2D eigenvalue weighted by Crippen LogP contribution is -2.24. The number of aromatic nitrogens is 6. The Labute approximate surface area is 168 Å². The summed E-state index contributed by atoms with van der Waals surface area (Å²) >= 11 is 0. The maximum atomic E-state index is 12.7. The van der Waals surface area contributed by atoms with Crippen molar-refractivity contribution in [1.29, 1.82) is 0 Å². The molecule has 0 aliphatic heterocycles. The monoisotopic (exact) mass is 399 g/mol. The molecule has 0 spiro atoms. The van der Waals surface area contributed by atoms with Gasteiger partial charge in [0.1, 0.15) is 6.04 Å². The maximum absolute atomic E-state index is 12.7. The second-order valence-electron chi connectivity index (χ2n) is 7.16. The SMILES string of the molecule is Cc1nn(C)c(C)c1Cn1nc(C)c(NC(=O)C(C)n2cc(C(=O)O)cn2)c1C. The topological polar surface area (TPSA) is 120 Å². The summed E-state index contributed by atoms with van der Waals surface area (Å²) in [5, 5.41) is 24.9. The number of nitrogens with zero attached hydrogens (tertiary/aromatic N) is 6. The molecule has 0 saturated heterocycles. The van der Waals surface area contributed by atoms with Crippen LogP contribution in [0.5, 0.6) is 0 Å². The Morgan fingerprint density at radius 3 is 2.38 bits per heavy atom. The molecule has 0 radical (unpaired) electrons. The first kappa shape index (κ1) is 20.3. The van der Waals surface area contributed by atoms with E-state index in [1.54, 1.807) is 6.92 Å². The first-order valence-corrected chi connectivity index (χ1v) is 9.21. The summed E-state index contributed by atoms with van der Waals surface area (Å²) < 4.78 is 5.02. The molecule has 0 aliphatic rings. The predicted octanol–water partition coefficient (Wildman–Crippen LogP) is 1.99. The van der Waals surface area contributed by atoms with Gasteiger partial charge < -0.3 is 10.4 Å². The lowest BCUT2D eigenvalue weighted by molar-refractivity contribution is -0.119. The zero-order chi connectivity index (χ0) is 21.5. The Morgan fingerprint density at radius 2 is 1.83 bits per heavy atom. The Hall–Kier alpha value is -3.43. The van der Waals surface area contributed by atoms with Crippen molar-refractivity contribution in [3.05, 3.63) is 46.3 Å². The van der Waals surface area contributed by atoms with Gasteiger partial charge in [0, 0.05) is 24.5 Å². The van der Waals surface area contributed by atoms with E-state index in [2.05, 4.69) is 20.6 Å². The van der Waals surface area contributed by atoms with E-state index in [-0.39, 0.29) is 11.5 Å². The van der Waals surface area contributed by atoms with Gasteiger partial charge in [-0.1, -0.05) is 0 Å². The molecule has 3 aromatic heterocycles. The van der Waals surface area contributed by atoms with Crippen LogP contribution in [0.4, 0.5) is 5.69 Å². The quantitative estimate of drug-likeness (QED) is 0.654. The standard InChI is InChI=1S/C19H25N7O3/c1-10-16(12(3)24(6)22-10)9-26-13(4)17(11(2)23-26)21-18(27)14(5)25-8-15(7-20-25)19(28)29/h7-8,14H,9H2,1-6H3,(H,21,27)(H,28,29). The molecule has 29 heavy (non-hydrogen) atoms. The molecule has 2 N–H and O–H groups in total. The first-order valence-electron chi connectivity index (χ1n) is 9.21. The number of carboxylic acid groups (broad SMARTS) is 1. The highest BCUT2D eigenvalue weighted by atomic mass is 16.4. The predicted molar refractivity (Wildman–Crippen MR) is 106 cm³/mol. The van der Waals surface area contributed by atoms with Gasteiger partial charge in [0.25, 0.3) is 0 Å². The van der Waals surface area contributed by atoms with Crippen LogP contribution >= 0.6 is 0 Å². The van der Waals surface area contributed by atoms with Gasteiger partial charge in [-0.25, -0.2) is 4.79 Å². The summed E-state index contributed by atoms with van der Waals surface area (Å²) in [5.41, 5.74) is 5.33. The van der Waals surface area contributed by atoms with Crippen LogP contribution in [-0.4, -0.2) is 46.3 Å². The summed E-state index contributed by atoms with van der Waals surface area (Å²) in [4.78, 5) is 23.7. The largest absolute Gasteiger partial charge is 0.478 e. The van der Waals surface area contributed by atoms with Crippen molar-refractivity contribution in [1.82, 2.24) is 29.3 Å². The average molecular weight is 399 g/mol. The third-order valence-electron chi connectivity index (χ3n) is 5.22. The summed E-state index contributed by atoms with van der Waals surface area (Å²) in [6, 6.07) is -0.673. The minimum Gasteiger partial charge on any atom is -0.478 e. The van der Waals surface area contributed by atoms with E-state index >= 15 is 0 Å². The number of amides is 1. The molecule has 10 heteroatoms. The molecule has 1 atom stereocenters. The molecule has 3 aromatic rings. The van der Waals surface area contributed by atoms with Crippen LogP contribution in [0.15, 0.2) is 12.4 Å². The number of rotatable bonds is 6. The van der Waals surface area contributed by atoms with Crippen LogP contribution in [0.2, 0.25) is 0 Å². The molecule has 154 valence electrons. The highest BCUT2D eigenvalue weighted by molar-refractivity contribution is 5.94. The fourth-order valence-electron chi connectivity index (χ4n) is 3.24. The summed E-state index contributed by atoms with van der Waals surface area (Å²) in [6.07, 6.45) is 2.56. The van der Waals surface area contributed by atoms with Crippen LogP contribution in [0.3, 0.4) is 0 Å². The van der Waals surface area contributed by atoms with Crippen molar-refractivity contribution in [2.75, 3.05) is 5.32 Å². The van der Waals surface area contributed by atoms with E-state index < -0.39 is 12.0 Å². The lowest BCUT2D eigenvalue weighted by atomic mass is 10.2. The Morgan fingerprint density at radius 1 is 1.14 bits per heavy atom. The van der Waals surface area contributed by atoms with E-state index in [0.717, 1.165) is 22.6 Å². The molecular weight excluding hydrogens is 374 g/mol. The van der Waals surface area contributed by atoms with Gasteiger partial charge >= 0.3 is 5.97 Å². The number of aromatic carboxylic acids is 1. The molecular formula is C19H25N7O3. The molecule has 0 saturated carbocycles. The van der Waals surface area contributed by atoms with Crippen LogP contribution in [0.25, 0.3) is 0 Å². The highest BCUT2D eigenvalue weighted by Crippen LogP contribution is 2.23. The van der Waals surface area contributed by atoms with Crippen molar-refractivity contribution >= 4 is 17.6 Å². The summed E-state index contributed by atoms with van der Waals surface area (Å²) in [6.45, 7) is 9.94. The molecule has 0 aromatic carbocycles. The van der Waals surface area contributed by atoms with Crippen molar-refractivity contribution in [3.63, 3.8) is 0 Å². The molecule has 1 amide bonds.